The van der Waals surface area contributed by atoms with E-state index in [0.717, 1.165) is 16.7 Å². The van der Waals surface area contributed by atoms with Crippen LogP contribution < -0.4 is 0 Å². The number of aryl methyl sites for hydroxylation is 1. The van der Waals surface area contributed by atoms with E-state index in [-0.39, 0.29) is 17.1 Å². The predicted octanol–water partition coefficient (Wildman–Crippen LogP) is 3.55. The Morgan fingerprint density at radius 2 is 1.78 bits per heavy atom. The van der Waals surface area contributed by atoms with Crippen molar-refractivity contribution >= 4 is 5.78 Å². The minimum absolute atomic E-state index is 0.0169. The topological polar surface area (TPSA) is 37.3 Å². The third-order valence-corrected chi connectivity index (χ3v) is 3.28. The first-order chi connectivity index (χ1) is 8.14. The van der Waals surface area contributed by atoms with Gasteiger partial charge in [0.25, 0.3) is 0 Å². The number of carbonyl (C=O) groups excluding carboxylic acids is 1. The van der Waals surface area contributed by atoms with Crippen molar-refractivity contribution in [1.29, 1.82) is 0 Å². The molecule has 18 heavy (non-hydrogen) atoms. The summed E-state index contributed by atoms with van der Waals surface area (Å²) in [5, 5.41) is 10.2. The zero-order chi connectivity index (χ0) is 14.1. The summed E-state index contributed by atoms with van der Waals surface area (Å²) in [7, 11) is 0. The van der Waals surface area contributed by atoms with Crippen molar-refractivity contribution in [2.75, 3.05) is 0 Å². The Labute approximate surface area is 110 Å². The van der Waals surface area contributed by atoms with E-state index in [1.165, 1.54) is 0 Å². The van der Waals surface area contributed by atoms with Crippen molar-refractivity contribution < 1.29 is 9.90 Å². The first-order valence-electron chi connectivity index (χ1n) is 6.47. The molecule has 0 aliphatic rings. The molecule has 2 nitrogen and oxygen atoms in total. The maximum absolute atomic E-state index is 11.9. The molecule has 1 atom stereocenters. The maximum atomic E-state index is 11.9. The first-order valence-corrected chi connectivity index (χ1v) is 6.47. The second-order valence-electron chi connectivity index (χ2n) is 6.28. The maximum Gasteiger partial charge on any atom is 0.168 e. The van der Waals surface area contributed by atoms with Crippen molar-refractivity contribution in [2.24, 2.45) is 5.92 Å². The zero-order valence-electron chi connectivity index (χ0n) is 12.2. The summed E-state index contributed by atoms with van der Waals surface area (Å²) in [5.41, 5.74) is 2.85. The number of rotatable bonds is 3. The molecule has 0 aliphatic heterocycles. The fourth-order valence-corrected chi connectivity index (χ4v) is 1.87. The molecule has 0 spiro atoms. The molecule has 0 heterocycles. The normalized spacial score (nSPS) is 13.8. The summed E-state index contributed by atoms with van der Waals surface area (Å²) < 4.78 is 0. The minimum Gasteiger partial charge on any atom is -0.381 e. The standard InChI is InChI=1S/C16H24O2/c1-10(2)14(17)15(18)13-9-12(16(4,5)6)8-7-11(13)3/h7-10,15,18H,1-6H3. The van der Waals surface area contributed by atoms with E-state index in [2.05, 4.69) is 26.8 Å². The highest BCUT2D eigenvalue weighted by molar-refractivity contribution is 5.86. The highest BCUT2D eigenvalue weighted by Crippen LogP contribution is 2.28. The second kappa shape index (κ2) is 5.23. The molecule has 0 fully saturated rings. The second-order valence-corrected chi connectivity index (χ2v) is 6.28. The van der Waals surface area contributed by atoms with Crippen LogP contribution in [0.15, 0.2) is 18.2 Å². The van der Waals surface area contributed by atoms with Crippen molar-refractivity contribution in [3.63, 3.8) is 0 Å². The molecule has 0 amide bonds. The Balaban J connectivity index is 3.20. The van der Waals surface area contributed by atoms with Gasteiger partial charge in [-0.05, 0) is 29.0 Å². The molecule has 2 heteroatoms. The molecule has 0 radical (unpaired) electrons. The Kier molecular flexibility index (Phi) is 4.33. The SMILES string of the molecule is Cc1ccc(C(C)(C)C)cc1C(O)C(=O)C(C)C. The first kappa shape index (κ1) is 14.9. The van der Waals surface area contributed by atoms with Gasteiger partial charge < -0.3 is 5.11 Å². The number of aliphatic hydroxyl groups is 1. The molecule has 1 N–H and O–H groups in total. The predicted molar refractivity (Wildman–Crippen MR) is 74.7 cm³/mol. The van der Waals surface area contributed by atoms with Crippen LogP contribution in [0.25, 0.3) is 0 Å². The van der Waals surface area contributed by atoms with Gasteiger partial charge in [-0.2, -0.15) is 0 Å². The van der Waals surface area contributed by atoms with Crippen LogP contribution in [0.5, 0.6) is 0 Å². The lowest BCUT2D eigenvalue weighted by Crippen LogP contribution is -2.20. The van der Waals surface area contributed by atoms with Crippen LogP contribution >= 0.6 is 0 Å². The summed E-state index contributed by atoms with van der Waals surface area (Å²) in [5.74, 6) is -0.276. The summed E-state index contributed by atoms with van der Waals surface area (Å²) >= 11 is 0. The number of hydrogen-bond acceptors (Lipinski definition) is 2. The van der Waals surface area contributed by atoms with Gasteiger partial charge in [-0.25, -0.2) is 0 Å². The van der Waals surface area contributed by atoms with Gasteiger partial charge in [0.2, 0.25) is 0 Å². The lowest BCUT2D eigenvalue weighted by Gasteiger charge is -2.22. The van der Waals surface area contributed by atoms with Crippen molar-refractivity contribution in [3.05, 3.63) is 34.9 Å². The van der Waals surface area contributed by atoms with Crippen molar-refractivity contribution in [3.8, 4) is 0 Å². The Morgan fingerprint density at radius 1 is 1.22 bits per heavy atom. The lowest BCUT2D eigenvalue weighted by molar-refractivity contribution is -0.130. The van der Waals surface area contributed by atoms with E-state index >= 15 is 0 Å². The van der Waals surface area contributed by atoms with E-state index in [9.17, 15) is 9.90 Å². The summed E-state index contributed by atoms with van der Waals surface area (Å²) in [6.07, 6.45) is -1.01. The van der Waals surface area contributed by atoms with Crippen LogP contribution in [-0.2, 0) is 10.2 Å². The fraction of sp³-hybridized carbons (Fsp3) is 0.562. The van der Waals surface area contributed by atoms with E-state index in [4.69, 9.17) is 0 Å². The van der Waals surface area contributed by atoms with Crippen LogP contribution in [0.2, 0.25) is 0 Å². The average Bonchev–Trinajstić information content (AvgIpc) is 2.26. The number of Topliss-reactive ketones (excluding diaryl/α,β-unsaturated/α-hetero) is 1. The molecular weight excluding hydrogens is 224 g/mol. The number of ketones is 1. The summed E-state index contributed by atoms with van der Waals surface area (Å²) in [4.78, 5) is 11.9. The molecular formula is C16H24O2. The minimum atomic E-state index is -1.01. The molecule has 1 aromatic rings. The van der Waals surface area contributed by atoms with Gasteiger partial charge in [0.15, 0.2) is 5.78 Å². The molecule has 1 rings (SSSR count). The van der Waals surface area contributed by atoms with Crippen LogP contribution in [0.4, 0.5) is 0 Å². The molecule has 0 saturated heterocycles. The Hall–Kier alpha value is -1.15. The molecule has 0 aromatic heterocycles. The van der Waals surface area contributed by atoms with E-state index < -0.39 is 6.10 Å². The smallest absolute Gasteiger partial charge is 0.168 e. The zero-order valence-corrected chi connectivity index (χ0v) is 12.2. The third kappa shape index (κ3) is 3.20. The lowest BCUT2D eigenvalue weighted by atomic mass is 9.83. The largest absolute Gasteiger partial charge is 0.381 e. The number of carbonyl (C=O) groups is 1. The van der Waals surface area contributed by atoms with Gasteiger partial charge in [0.1, 0.15) is 6.10 Å². The van der Waals surface area contributed by atoms with E-state index in [1.807, 2.05) is 32.9 Å². The molecule has 1 aromatic carbocycles. The Morgan fingerprint density at radius 3 is 2.22 bits per heavy atom. The quantitative estimate of drug-likeness (QED) is 0.888. The van der Waals surface area contributed by atoms with Gasteiger partial charge >= 0.3 is 0 Å². The highest BCUT2D eigenvalue weighted by Gasteiger charge is 2.23. The van der Waals surface area contributed by atoms with Gasteiger partial charge in [-0.1, -0.05) is 52.8 Å². The highest BCUT2D eigenvalue weighted by atomic mass is 16.3. The number of aliphatic hydroxyl groups excluding tert-OH is 1. The molecule has 1 unspecified atom stereocenters. The van der Waals surface area contributed by atoms with Crippen LogP contribution in [0, 0.1) is 12.8 Å². The molecule has 0 aliphatic carbocycles. The van der Waals surface area contributed by atoms with E-state index in [0.29, 0.717) is 0 Å². The van der Waals surface area contributed by atoms with Gasteiger partial charge in [-0.15, -0.1) is 0 Å². The molecule has 0 saturated carbocycles. The summed E-state index contributed by atoms with van der Waals surface area (Å²) in [6, 6.07) is 6.00. The van der Waals surface area contributed by atoms with E-state index in [1.54, 1.807) is 0 Å². The monoisotopic (exact) mass is 248 g/mol. The molecule has 0 bridgehead atoms. The van der Waals surface area contributed by atoms with Crippen LogP contribution in [0.3, 0.4) is 0 Å². The van der Waals surface area contributed by atoms with Gasteiger partial charge in [-0.3, -0.25) is 4.79 Å². The van der Waals surface area contributed by atoms with Crippen LogP contribution in [-0.4, -0.2) is 10.9 Å². The summed E-state index contributed by atoms with van der Waals surface area (Å²) in [6.45, 7) is 11.9. The number of hydrogen-bond donors (Lipinski definition) is 1. The average molecular weight is 248 g/mol. The third-order valence-electron chi connectivity index (χ3n) is 3.28. The van der Waals surface area contributed by atoms with Crippen molar-refractivity contribution in [1.82, 2.24) is 0 Å². The fourth-order valence-electron chi connectivity index (χ4n) is 1.87. The van der Waals surface area contributed by atoms with Gasteiger partial charge in [0, 0.05) is 5.92 Å². The number of benzene rings is 1. The van der Waals surface area contributed by atoms with Crippen LogP contribution in [0.1, 0.15) is 57.4 Å². The Bertz CT molecular complexity index is 439. The van der Waals surface area contributed by atoms with Gasteiger partial charge in [0.05, 0.1) is 0 Å². The molecule has 100 valence electrons. The van der Waals surface area contributed by atoms with Crippen molar-refractivity contribution in [2.45, 2.75) is 53.1 Å².